The van der Waals surface area contributed by atoms with Crippen molar-refractivity contribution in [2.45, 2.75) is 19.4 Å². The SMILES string of the molecule is CCN1CCc2c3n(c4ccccc24)C(=O)NCC31. The number of hydrogen-bond acceptors (Lipinski definition) is 2. The quantitative estimate of drug-likeness (QED) is 0.847. The molecular formula is C15H17N3O. The number of carbonyl (C=O) groups is 1. The summed E-state index contributed by atoms with van der Waals surface area (Å²) in [6, 6.07) is 8.61. The van der Waals surface area contributed by atoms with E-state index in [0.29, 0.717) is 6.04 Å². The van der Waals surface area contributed by atoms with Crippen molar-refractivity contribution in [3.63, 3.8) is 0 Å². The molecule has 98 valence electrons. The molecule has 2 aliphatic heterocycles. The van der Waals surface area contributed by atoms with Gasteiger partial charge in [0.25, 0.3) is 0 Å². The van der Waals surface area contributed by atoms with Crippen molar-refractivity contribution in [3.8, 4) is 0 Å². The van der Waals surface area contributed by atoms with Crippen molar-refractivity contribution >= 4 is 16.9 Å². The second-order valence-corrected chi connectivity index (χ2v) is 5.30. The van der Waals surface area contributed by atoms with Crippen molar-refractivity contribution in [3.05, 3.63) is 35.5 Å². The Morgan fingerprint density at radius 1 is 1.37 bits per heavy atom. The molecule has 0 spiro atoms. The standard InChI is InChI=1S/C15H17N3O/c1-2-17-8-7-11-10-5-3-4-6-12(10)18-14(11)13(17)9-16-15(18)19/h3-6,13H,2,7-9H2,1H3,(H,16,19). The Hall–Kier alpha value is -1.81. The summed E-state index contributed by atoms with van der Waals surface area (Å²) in [5.74, 6) is 0. The molecule has 4 rings (SSSR count). The fourth-order valence-corrected chi connectivity index (χ4v) is 3.61. The second kappa shape index (κ2) is 3.84. The van der Waals surface area contributed by atoms with Crippen LogP contribution in [0.5, 0.6) is 0 Å². The van der Waals surface area contributed by atoms with E-state index in [0.717, 1.165) is 31.6 Å². The van der Waals surface area contributed by atoms with Crippen LogP contribution in [0.15, 0.2) is 24.3 Å². The smallest absolute Gasteiger partial charge is 0.326 e. The number of carbonyl (C=O) groups excluding carboxylic acids is 1. The third-order valence-corrected chi connectivity index (χ3v) is 4.48. The Balaban J connectivity index is 2.06. The van der Waals surface area contributed by atoms with E-state index >= 15 is 0 Å². The summed E-state index contributed by atoms with van der Waals surface area (Å²) in [4.78, 5) is 14.7. The average Bonchev–Trinajstić information content (AvgIpc) is 2.79. The Labute approximate surface area is 112 Å². The Bertz CT molecular complexity index is 673. The maximum atomic E-state index is 12.2. The van der Waals surface area contributed by atoms with E-state index in [1.165, 1.54) is 16.6 Å². The lowest BCUT2D eigenvalue weighted by Gasteiger charge is -2.38. The third kappa shape index (κ3) is 1.35. The molecule has 1 unspecified atom stereocenters. The molecule has 1 N–H and O–H groups in total. The molecule has 4 nitrogen and oxygen atoms in total. The van der Waals surface area contributed by atoms with Gasteiger partial charge in [-0.3, -0.25) is 9.47 Å². The molecule has 3 heterocycles. The average molecular weight is 255 g/mol. The van der Waals surface area contributed by atoms with E-state index in [-0.39, 0.29) is 6.03 Å². The first kappa shape index (κ1) is 11.1. The highest BCUT2D eigenvalue weighted by atomic mass is 16.2. The van der Waals surface area contributed by atoms with Crippen LogP contribution in [0.4, 0.5) is 4.79 Å². The predicted molar refractivity (Wildman–Crippen MR) is 74.4 cm³/mol. The third-order valence-electron chi connectivity index (χ3n) is 4.48. The van der Waals surface area contributed by atoms with Crippen LogP contribution in [0.2, 0.25) is 0 Å². The molecule has 1 atom stereocenters. The first-order chi connectivity index (χ1) is 9.31. The highest BCUT2D eigenvalue weighted by Gasteiger charge is 2.36. The molecule has 0 aliphatic carbocycles. The summed E-state index contributed by atoms with van der Waals surface area (Å²) in [5.41, 5.74) is 3.64. The second-order valence-electron chi connectivity index (χ2n) is 5.30. The first-order valence-electron chi connectivity index (χ1n) is 6.95. The number of aromatic nitrogens is 1. The fraction of sp³-hybridized carbons (Fsp3) is 0.400. The molecule has 1 amide bonds. The normalized spacial score (nSPS) is 22.4. The monoisotopic (exact) mass is 255 g/mol. The van der Waals surface area contributed by atoms with Gasteiger partial charge < -0.3 is 5.32 Å². The van der Waals surface area contributed by atoms with Crippen LogP contribution in [-0.2, 0) is 6.42 Å². The predicted octanol–water partition coefficient (Wildman–Crippen LogP) is 2.13. The molecule has 2 aliphatic rings. The van der Waals surface area contributed by atoms with E-state index < -0.39 is 0 Å². The minimum Gasteiger partial charge on any atom is -0.335 e. The number of para-hydroxylation sites is 1. The van der Waals surface area contributed by atoms with Gasteiger partial charge in [-0.2, -0.15) is 0 Å². The van der Waals surface area contributed by atoms with Crippen LogP contribution >= 0.6 is 0 Å². The number of hydrogen-bond donors (Lipinski definition) is 1. The topological polar surface area (TPSA) is 37.3 Å². The van der Waals surface area contributed by atoms with Gasteiger partial charge in [-0.1, -0.05) is 25.1 Å². The lowest BCUT2D eigenvalue weighted by Crippen LogP contribution is -2.48. The van der Waals surface area contributed by atoms with Crippen molar-refractivity contribution in [2.24, 2.45) is 0 Å². The van der Waals surface area contributed by atoms with Gasteiger partial charge in [-0.05, 0) is 24.6 Å². The highest BCUT2D eigenvalue weighted by molar-refractivity contribution is 5.96. The van der Waals surface area contributed by atoms with Gasteiger partial charge in [0.2, 0.25) is 0 Å². The number of likely N-dealkylation sites (N-methyl/N-ethyl adjacent to an activating group) is 1. The molecule has 19 heavy (non-hydrogen) atoms. The van der Waals surface area contributed by atoms with Crippen molar-refractivity contribution < 1.29 is 4.79 Å². The zero-order chi connectivity index (χ0) is 13.0. The van der Waals surface area contributed by atoms with Gasteiger partial charge >= 0.3 is 6.03 Å². The minimum absolute atomic E-state index is 0.0200. The van der Waals surface area contributed by atoms with E-state index in [1.807, 2.05) is 16.7 Å². The summed E-state index contributed by atoms with van der Waals surface area (Å²) >= 11 is 0. The molecule has 0 bridgehead atoms. The minimum atomic E-state index is 0.0200. The van der Waals surface area contributed by atoms with Crippen LogP contribution in [0.3, 0.4) is 0 Å². The summed E-state index contributed by atoms with van der Waals surface area (Å²) in [6.07, 6.45) is 1.04. The number of amides is 1. The molecule has 4 heteroatoms. The summed E-state index contributed by atoms with van der Waals surface area (Å²) in [6.45, 7) is 5.03. The molecule has 0 fully saturated rings. The van der Waals surface area contributed by atoms with E-state index in [1.54, 1.807) is 0 Å². The number of benzene rings is 1. The van der Waals surface area contributed by atoms with Gasteiger partial charge in [0, 0.05) is 18.5 Å². The Kier molecular flexibility index (Phi) is 2.23. The van der Waals surface area contributed by atoms with Crippen molar-refractivity contribution in [1.29, 1.82) is 0 Å². The lowest BCUT2D eigenvalue weighted by atomic mass is 9.96. The van der Waals surface area contributed by atoms with E-state index in [2.05, 4.69) is 29.3 Å². The molecule has 0 radical (unpaired) electrons. The summed E-state index contributed by atoms with van der Waals surface area (Å²) in [7, 11) is 0. The molecule has 1 aromatic heterocycles. The van der Waals surface area contributed by atoms with Crippen LogP contribution < -0.4 is 5.32 Å². The van der Waals surface area contributed by atoms with E-state index in [9.17, 15) is 4.79 Å². The van der Waals surface area contributed by atoms with Crippen molar-refractivity contribution in [2.75, 3.05) is 19.6 Å². The largest absolute Gasteiger partial charge is 0.335 e. The molecule has 2 aromatic rings. The van der Waals surface area contributed by atoms with Gasteiger partial charge in [-0.15, -0.1) is 0 Å². The summed E-state index contributed by atoms with van der Waals surface area (Å²) < 4.78 is 1.89. The van der Waals surface area contributed by atoms with Crippen LogP contribution in [-0.4, -0.2) is 35.1 Å². The lowest BCUT2D eigenvalue weighted by molar-refractivity contribution is 0.170. The zero-order valence-electron chi connectivity index (χ0n) is 11.0. The van der Waals surface area contributed by atoms with Gasteiger partial charge in [-0.25, -0.2) is 4.79 Å². The zero-order valence-corrected chi connectivity index (χ0v) is 11.0. The molecule has 1 aromatic carbocycles. The number of nitrogens with one attached hydrogen (secondary N) is 1. The van der Waals surface area contributed by atoms with Crippen LogP contribution in [0.1, 0.15) is 24.2 Å². The van der Waals surface area contributed by atoms with Crippen LogP contribution in [0.25, 0.3) is 10.9 Å². The summed E-state index contributed by atoms with van der Waals surface area (Å²) in [5, 5.41) is 4.27. The maximum Gasteiger partial charge on any atom is 0.326 e. The fourth-order valence-electron chi connectivity index (χ4n) is 3.61. The Morgan fingerprint density at radius 2 is 2.21 bits per heavy atom. The van der Waals surface area contributed by atoms with Gasteiger partial charge in [0.1, 0.15) is 0 Å². The van der Waals surface area contributed by atoms with Crippen LogP contribution in [0, 0.1) is 0 Å². The van der Waals surface area contributed by atoms with E-state index in [4.69, 9.17) is 0 Å². The van der Waals surface area contributed by atoms with Gasteiger partial charge in [0.15, 0.2) is 0 Å². The van der Waals surface area contributed by atoms with Gasteiger partial charge in [0.05, 0.1) is 17.3 Å². The number of rotatable bonds is 1. The molecule has 0 saturated carbocycles. The maximum absolute atomic E-state index is 12.2. The molecule has 0 saturated heterocycles. The molecular weight excluding hydrogens is 238 g/mol. The highest BCUT2D eigenvalue weighted by Crippen LogP contribution is 2.38. The Morgan fingerprint density at radius 3 is 3.05 bits per heavy atom. The number of fused-ring (bicyclic) bond motifs is 3. The first-order valence-corrected chi connectivity index (χ1v) is 6.95. The van der Waals surface area contributed by atoms with Crippen molar-refractivity contribution in [1.82, 2.24) is 14.8 Å². The number of nitrogens with zero attached hydrogens (tertiary/aromatic N) is 2.